The van der Waals surface area contributed by atoms with Gasteiger partial charge in [-0.3, -0.25) is 0 Å². The van der Waals surface area contributed by atoms with Gasteiger partial charge in [-0.05, 0) is 36.8 Å². The lowest BCUT2D eigenvalue weighted by Crippen LogP contribution is -2.18. The van der Waals surface area contributed by atoms with Crippen molar-refractivity contribution in [3.05, 3.63) is 58.1 Å². The first-order valence-corrected chi connectivity index (χ1v) is 7.71. The highest BCUT2D eigenvalue weighted by Crippen LogP contribution is 2.28. The molecule has 0 bridgehead atoms. The van der Waals surface area contributed by atoms with E-state index in [2.05, 4.69) is 34.2 Å². The normalized spacial score (nSPS) is 10.6. The first kappa shape index (κ1) is 16.0. The lowest BCUT2D eigenvalue weighted by atomic mass is 10.2. The summed E-state index contributed by atoms with van der Waals surface area (Å²) in [6.45, 7) is 4.33. The van der Waals surface area contributed by atoms with Crippen molar-refractivity contribution >= 4 is 15.9 Å². The monoisotopic (exact) mass is 349 g/mol. The molecule has 0 saturated carbocycles. The summed E-state index contributed by atoms with van der Waals surface area (Å²) >= 11 is 3.50. The van der Waals surface area contributed by atoms with Crippen LogP contribution in [0, 0.1) is 6.92 Å². The van der Waals surface area contributed by atoms with Gasteiger partial charge in [0, 0.05) is 30.2 Å². The van der Waals surface area contributed by atoms with E-state index in [0.29, 0.717) is 6.61 Å². The molecule has 0 radical (unpaired) electrons. The average molecular weight is 350 g/mol. The van der Waals surface area contributed by atoms with Crippen molar-refractivity contribution in [2.45, 2.75) is 13.5 Å². The van der Waals surface area contributed by atoms with Gasteiger partial charge in [-0.2, -0.15) is 0 Å². The average Bonchev–Trinajstić information content (AvgIpc) is 2.49. The molecule has 0 saturated heterocycles. The van der Waals surface area contributed by atoms with Crippen LogP contribution in [0.15, 0.2) is 46.9 Å². The maximum absolute atomic E-state index is 6.01. The van der Waals surface area contributed by atoms with Gasteiger partial charge in [0.1, 0.15) is 11.5 Å². The third-order valence-corrected chi connectivity index (χ3v) is 4.02. The molecular weight excluding hydrogens is 330 g/mol. The fourth-order valence-corrected chi connectivity index (χ4v) is 2.20. The molecule has 2 aromatic rings. The second-order valence-electron chi connectivity index (χ2n) is 4.79. The summed E-state index contributed by atoms with van der Waals surface area (Å²) in [5.74, 6) is 1.73. The van der Waals surface area contributed by atoms with E-state index in [9.17, 15) is 0 Å². The van der Waals surface area contributed by atoms with Crippen molar-refractivity contribution in [1.29, 1.82) is 0 Å². The van der Waals surface area contributed by atoms with Crippen molar-refractivity contribution in [2.75, 3.05) is 20.3 Å². The van der Waals surface area contributed by atoms with E-state index < -0.39 is 0 Å². The zero-order valence-corrected chi connectivity index (χ0v) is 13.9. The van der Waals surface area contributed by atoms with Gasteiger partial charge in [0.2, 0.25) is 0 Å². The Morgan fingerprint density at radius 1 is 1.14 bits per heavy atom. The van der Waals surface area contributed by atoms with Crippen LogP contribution in [0.4, 0.5) is 0 Å². The number of benzene rings is 2. The molecule has 2 rings (SSSR count). The minimum Gasteiger partial charge on any atom is -0.457 e. The van der Waals surface area contributed by atoms with Crippen molar-refractivity contribution < 1.29 is 9.47 Å². The number of methoxy groups -OCH3 is 1. The molecule has 3 nitrogen and oxygen atoms in total. The maximum atomic E-state index is 6.01. The maximum Gasteiger partial charge on any atom is 0.131 e. The van der Waals surface area contributed by atoms with E-state index >= 15 is 0 Å². The van der Waals surface area contributed by atoms with E-state index in [1.54, 1.807) is 7.11 Å². The molecule has 112 valence electrons. The van der Waals surface area contributed by atoms with Gasteiger partial charge in [0.15, 0.2) is 0 Å². The Labute approximate surface area is 134 Å². The van der Waals surface area contributed by atoms with Crippen LogP contribution < -0.4 is 10.1 Å². The minimum atomic E-state index is 0.703. The molecule has 4 heteroatoms. The molecule has 0 atom stereocenters. The number of hydrogen-bond acceptors (Lipinski definition) is 3. The third-order valence-electron chi connectivity index (χ3n) is 3.13. The molecule has 1 N–H and O–H groups in total. The highest BCUT2D eigenvalue weighted by molar-refractivity contribution is 9.10. The highest BCUT2D eigenvalue weighted by Gasteiger charge is 2.05. The Morgan fingerprint density at radius 3 is 2.71 bits per heavy atom. The van der Waals surface area contributed by atoms with Crippen molar-refractivity contribution in [3.63, 3.8) is 0 Å². The standard InChI is InChI=1S/C17H20BrNO2/c1-13-11-15(7-8-16(13)18)21-17-6-4-3-5-14(17)12-19-9-10-20-2/h3-8,11,19H,9-10,12H2,1-2H3. The third kappa shape index (κ3) is 4.84. The molecule has 0 unspecified atom stereocenters. The first-order chi connectivity index (χ1) is 10.2. The molecule has 0 amide bonds. The molecule has 0 aliphatic rings. The van der Waals surface area contributed by atoms with Crippen molar-refractivity contribution in [3.8, 4) is 11.5 Å². The zero-order chi connectivity index (χ0) is 15.1. The van der Waals surface area contributed by atoms with Gasteiger partial charge in [-0.25, -0.2) is 0 Å². The quantitative estimate of drug-likeness (QED) is 0.756. The summed E-state index contributed by atoms with van der Waals surface area (Å²) in [4.78, 5) is 0. The van der Waals surface area contributed by atoms with Crippen LogP contribution in [-0.4, -0.2) is 20.3 Å². The van der Waals surface area contributed by atoms with Crippen LogP contribution in [0.3, 0.4) is 0 Å². The number of rotatable bonds is 7. The number of hydrogen-bond donors (Lipinski definition) is 1. The highest BCUT2D eigenvalue weighted by atomic mass is 79.9. The number of halogens is 1. The van der Waals surface area contributed by atoms with Gasteiger partial charge >= 0.3 is 0 Å². The van der Waals surface area contributed by atoms with E-state index in [1.807, 2.05) is 36.4 Å². The molecule has 21 heavy (non-hydrogen) atoms. The first-order valence-electron chi connectivity index (χ1n) is 6.92. The molecule has 0 aromatic heterocycles. The van der Waals surface area contributed by atoms with Crippen molar-refractivity contribution in [1.82, 2.24) is 5.32 Å². The smallest absolute Gasteiger partial charge is 0.131 e. The summed E-state index contributed by atoms with van der Waals surface area (Å²) in [5, 5.41) is 3.34. The van der Waals surface area contributed by atoms with E-state index in [4.69, 9.17) is 9.47 Å². The second kappa shape index (κ2) is 8.17. The van der Waals surface area contributed by atoms with Gasteiger partial charge in [-0.15, -0.1) is 0 Å². The van der Waals surface area contributed by atoms with Crippen LogP contribution in [-0.2, 0) is 11.3 Å². The summed E-state index contributed by atoms with van der Waals surface area (Å²) in [5.41, 5.74) is 2.29. The largest absolute Gasteiger partial charge is 0.457 e. The van der Waals surface area contributed by atoms with Crippen LogP contribution in [0.25, 0.3) is 0 Å². The number of nitrogens with one attached hydrogen (secondary N) is 1. The summed E-state index contributed by atoms with van der Waals surface area (Å²) in [7, 11) is 1.70. The lowest BCUT2D eigenvalue weighted by molar-refractivity contribution is 0.199. The Hall–Kier alpha value is -1.36. The second-order valence-corrected chi connectivity index (χ2v) is 5.64. The number of aryl methyl sites for hydroxylation is 1. The molecule has 0 fully saturated rings. The summed E-state index contributed by atoms with van der Waals surface area (Å²) in [6, 6.07) is 14.1. The fraction of sp³-hybridized carbons (Fsp3) is 0.294. The molecule has 0 aliphatic heterocycles. The van der Waals surface area contributed by atoms with E-state index in [1.165, 1.54) is 0 Å². The fourth-order valence-electron chi connectivity index (χ4n) is 1.95. The van der Waals surface area contributed by atoms with Crippen LogP contribution in [0.1, 0.15) is 11.1 Å². The van der Waals surface area contributed by atoms with Crippen LogP contribution >= 0.6 is 15.9 Å². The summed E-state index contributed by atoms with van der Waals surface area (Å²) in [6.07, 6.45) is 0. The molecule has 2 aromatic carbocycles. The molecular formula is C17H20BrNO2. The van der Waals surface area contributed by atoms with E-state index in [0.717, 1.165) is 40.2 Å². The topological polar surface area (TPSA) is 30.5 Å². The van der Waals surface area contributed by atoms with Gasteiger partial charge in [0.25, 0.3) is 0 Å². The van der Waals surface area contributed by atoms with Gasteiger partial charge in [0.05, 0.1) is 6.61 Å². The summed E-state index contributed by atoms with van der Waals surface area (Å²) < 4.78 is 12.1. The molecule has 0 spiro atoms. The Morgan fingerprint density at radius 2 is 1.95 bits per heavy atom. The number of ether oxygens (including phenoxy) is 2. The van der Waals surface area contributed by atoms with E-state index in [-0.39, 0.29) is 0 Å². The SMILES string of the molecule is COCCNCc1ccccc1Oc1ccc(Br)c(C)c1. The lowest BCUT2D eigenvalue weighted by Gasteiger charge is -2.12. The van der Waals surface area contributed by atoms with Gasteiger partial charge in [-0.1, -0.05) is 34.1 Å². The Bertz CT molecular complexity index is 587. The Kier molecular flexibility index (Phi) is 6.23. The molecule has 0 heterocycles. The Balaban J connectivity index is 2.06. The van der Waals surface area contributed by atoms with Crippen LogP contribution in [0.5, 0.6) is 11.5 Å². The zero-order valence-electron chi connectivity index (χ0n) is 12.4. The molecule has 0 aliphatic carbocycles. The number of para-hydroxylation sites is 1. The van der Waals surface area contributed by atoms with Gasteiger partial charge < -0.3 is 14.8 Å². The van der Waals surface area contributed by atoms with Crippen molar-refractivity contribution in [2.24, 2.45) is 0 Å². The predicted molar refractivity (Wildman–Crippen MR) is 89.0 cm³/mol. The van der Waals surface area contributed by atoms with Crippen LogP contribution in [0.2, 0.25) is 0 Å². The predicted octanol–water partition coefficient (Wildman–Crippen LogP) is 4.29. The minimum absolute atomic E-state index is 0.703.